The van der Waals surface area contributed by atoms with Crippen molar-refractivity contribution < 1.29 is 34.4 Å². The molecule has 0 fully saturated rings. The van der Waals surface area contributed by atoms with Crippen molar-refractivity contribution in [1.29, 1.82) is 0 Å². The number of hydrogen-bond donors (Lipinski definition) is 1. The van der Waals surface area contributed by atoms with E-state index in [0.717, 1.165) is 59.0 Å². The zero-order valence-electron chi connectivity index (χ0n) is 28.0. The van der Waals surface area contributed by atoms with Crippen molar-refractivity contribution in [1.82, 2.24) is 4.98 Å². The Morgan fingerprint density at radius 1 is 0.884 bits per heavy atom. The van der Waals surface area contributed by atoms with Crippen molar-refractivity contribution in [2.75, 3.05) is 0 Å². The quantitative estimate of drug-likeness (QED) is 0.110. The predicted octanol–water partition coefficient (Wildman–Crippen LogP) is 11.0. The van der Waals surface area contributed by atoms with Crippen LogP contribution in [-0.4, -0.2) is 15.9 Å². The molecule has 0 aliphatic heterocycles. The number of aromatic nitrogens is 1. The number of rotatable bonds is 8. The molecule has 2 aromatic carbocycles. The fourth-order valence-electron chi connectivity index (χ4n) is 5.04. The van der Waals surface area contributed by atoms with E-state index < -0.39 is 0 Å². The summed E-state index contributed by atoms with van der Waals surface area (Å²) in [6.45, 7) is 22.9. The van der Waals surface area contributed by atoms with Crippen LogP contribution < -0.4 is 0 Å². The Hall–Kier alpha value is -2.75. The van der Waals surface area contributed by atoms with Crippen LogP contribution in [0.15, 0.2) is 58.7 Å². The molecule has 4 rings (SSSR count). The molecule has 2 aromatic heterocycles. The van der Waals surface area contributed by atoms with Crippen LogP contribution in [0, 0.1) is 30.7 Å². The summed E-state index contributed by atoms with van der Waals surface area (Å²) in [4.78, 5) is 16.9. The van der Waals surface area contributed by atoms with E-state index in [-0.39, 0.29) is 47.9 Å². The number of pyridine rings is 1. The first-order valence-corrected chi connectivity index (χ1v) is 15.4. The molecule has 0 aliphatic carbocycles. The van der Waals surface area contributed by atoms with Crippen LogP contribution in [0.3, 0.4) is 0 Å². The Bertz CT molecular complexity index is 1580. The van der Waals surface area contributed by atoms with E-state index in [9.17, 15) is 9.90 Å². The number of aryl methyl sites for hydroxylation is 2. The zero-order chi connectivity index (χ0) is 31.5. The fraction of sp³-hybridized carbons (Fsp3) is 0.474. The number of nitrogens with zero attached hydrogens (tertiary/aromatic N) is 1. The zero-order valence-corrected chi connectivity index (χ0v) is 30.4. The van der Waals surface area contributed by atoms with Gasteiger partial charge in [-0.05, 0) is 50.5 Å². The Labute approximate surface area is 272 Å². The van der Waals surface area contributed by atoms with Crippen LogP contribution in [-0.2, 0) is 30.3 Å². The second-order valence-electron chi connectivity index (χ2n) is 13.2. The summed E-state index contributed by atoms with van der Waals surface area (Å²) in [5.74, 6) is 1.21. The third kappa shape index (κ3) is 7.86. The van der Waals surface area contributed by atoms with Crippen molar-refractivity contribution in [3.8, 4) is 11.3 Å². The molecule has 5 heteroatoms. The third-order valence-electron chi connectivity index (χ3n) is 9.50. The third-order valence-corrected chi connectivity index (χ3v) is 9.50. The molecular formula is C38H50IrNO3-. The van der Waals surface area contributed by atoms with E-state index in [4.69, 9.17) is 9.40 Å². The molecule has 1 N–H and O–H groups in total. The Balaban J connectivity index is 0.000000318. The van der Waals surface area contributed by atoms with E-state index in [1.54, 1.807) is 0 Å². The summed E-state index contributed by atoms with van der Waals surface area (Å²) >= 11 is 0. The first-order valence-electron chi connectivity index (χ1n) is 15.4. The number of allylic oxidation sites excluding steroid dienone is 2. The van der Waals surface area contributed by atoms with Crippen molar-refractivity contribution in [2.45, 2.75) is 107 Å². The van der Waals surface area contributed by atoms with Crippen molar-refractivity contribution >= 4 is 27.7 Å². The summed E-state index contributed by atoms with van der Waals surface area (Å²) < 4.78 is 5.82. The van der Waals surface area contributed by atoms with Gasteiger partial charge >= 0.3 is 0 Å². The molecule has 0 bridgehead atoms. The minimum Gasteiger partial charge on any atom is -0.512 e. The molecular weight excluding hydrogens is 711 g/mol. The van der Waals surface area contributed by atoms with Gasteiger partial charge in [-0.1, -0.05) is 104 Å². The van der Waals surface area contributed by atoms with E-state index in [1.807, 2.05) is 48.5 Å². The predicted molar refractivity (Wildman–Crippen MR) is 177 cm³/mol. The van der Waals surface area contributed by atoms with Crippen molar-refractivity contribution in [3.63, 3.8) is 0 Å². The van der Waals surface area contributed by atoms with Gasteiger partial charge in [0.15, 0.2) is 5.78 Å². The molecule has 1 radical (unpaired) electrons. The van der Waals surface area contributed by atoms with Crippen molar-refractivity contribution in [3.05, 3.63) is 77.3 Å². The second kappa shape index (κ2) is 14.4. The summed E-state index contributed by atoms with van der Waals surface area (Å²) in [6, 6.07) is 18.4. The van der Waals surface area contributed by atoms with Gasteiger partial charge in [0.1, 0.15) is 11.5 Å². The average molecular weight is 761 g/mol. The van der Waals surface area contributed by atoms with Gasteiger partial charge in [0, 0.05) is 48.1 Å². The minimum atomic E-state index is -0.337. The molecule has 235 valence electrons. The summed E-state index contributed by atoms with van der Waals surface area (Å²) in [5, 5.41) is 13.6. The molecule has 0 spiro atoms. The van der Waals surface area contributed by atoms with E-state index in [1.165, 1.54) is 17.0 Å². The van der Waals surface area contributed by atoms with Crippen LogP contribution in [0.2, 0.25) is 0 Å². The Kier molecular flexibility index (Phi) is 12.2. The smallest absolute Gasteiger partial charge is 0.219 e. The second-order valence-corrected chi connectivity index (χ2v) is 13.2. The van der Waals surface area contributed by atoms with Gasteiger partial charge in [0.25, 0.3) is 0 Å². The normalized spacial score (nSPS) is 12.6. The minimum absolute atomic E-state index is 0. The number of benzene rings is 2. The van der Waals surface area contributed by atoms with Gasteiger partial charge in [-0.3, -0.25) is 9.78 Å². The molecule has 0 saturated heterocycles. The number of aliphatic hydroxyl groups excluding tert-OH is 1. The number of ketones is 1. The number of aliphatic hydroxyl groups is 1. The van der Waals surface area contributed by atoms with Gasteiger partial charge in [-0.25, -0.2) is 0 Å². The maximum Gasteiger partial charge on any atom is 0.219 e. The van der Waals surface area contributed by atoms with Gasteiger partial charge in [0.2, 0.25) is 5.71 Å². The molecule has 2 heterocycles. The number of hydrogen-bond acceptors (Lipinski definition) is 4. The molecule has 0 unspecified atom stereocenters. The molecule has 0 aliphatic rings. The van der Waals surface area contributed by atoms with E-state index >= 15 is 0 Å². The first-order chi connectivity index (χ1) is 19.6. The number of carbonyl (C=O) groups excluding carboxylic acids is 1. The van der Waals surface area contributed by atoms with Gasteiger partial charge in [0.05, 0.1) is 0 Å². The van der Waals surface area contributed by atoms with Gasteiger partial charge in [-0.15, -0.1) is 29.1 Å². The van der Waals surface area contributed by atoms with Crippen LogP contribution in [0.4, 0.5) is 0 Å². The molecule has 43 heavy (non-hydrogen) atoms. The summed E-state index contributed by atoms with van der Waals surface area (Å²) in [7, 11) is 0. The molecule has 0 atom stereocenters. The average Bonchev–Trinajstić information content (AvgIpc) is 3.27. The largest absolute Gasteiger partial charge is 0.512 e. The number of fused-ring (bicyclic) bond motifs is 2. The molecule has 0 amide bonds. The van der Waals surface area contributed by atoms with Crippen LogP contribution in [0.5, 0.6) is 0 Å². The van der Waals surface area contributed by atoms with Crippen LogP contribution in [0.25, 0.3) is 33.1 Å². The Morgan fingerprint density at radius 2 is 1.47 bits per heavy atom. The topological polar surface area (TPSA) is 63.3 Å². The number of furan rings is 1. The number of carbonyl (C=O) groups is 1. The van der Waals surface area contributed by atoms with E-state index in [0.29, 0.717) is 5.71 Å². The maximum absolute atomic E-state index is 12.2. The summed E-state index contributed by atoms with van der Waals surface area (Å²) in [6.07, 6.45) is 4.75. The van der Waals surface area contributed by atoms with Gasteiger partial charge in [-0.2, -0.15) is 0 Å². The monoisotopic (exact) mass is 761 g/mol. The molecule has 4 aromatic rings. The maximum atomic E-state index is 12.2. The molecule has 0 saturated carbocycles. The van der Waals surface area contributed by atoms with E-state index in [2.05, 4.69) is 76.2 Å². The Morgan fingerprint density at radius 3 is 2.02 bits per heavy atom. The SMILES string of the molecule is CCC(C)(CC)C(=O)/C=C(\O)C(C)(CC)CC.Cc1oc2nc(-c3[c-]c4ccccc4c(C(C)(C)C)c3)ccc2c1C.[Ir]. The molecule has 4 nitrogen and oxygen atoms in total. The standard InChI is InChI=1S/C23H22NO.C15H28O2.Ir/c1-14-15(2)25-22-18(14)10-11-21(24-22)17-12-16-8-6-7-9-19(16)20(13-17)23(3,4)5;1-7-14(5,8-2)12(16)11-13(17)15(6,9-3)10-4;/h6-11,13H,1-5H3;11,16H,7-10H2,1-6H3;/q-1;;/b;12-11-;. The van der Waals surface area contributed by atoms with Crippen LogP contribution in [0.1, 0.15) is 105 Å². The van der Waals surface area contributed by atoms with Gasteiger partial charge < -0.3 is 9.52 Å². The van der Waals surface area contributed by atoms with Crippen molar-refractivity contribution in [2.24, 2.45) is 10.8 Å². The summed E-state index contributed by atoms with van der Waals surface area (Å²) in [5.41, 5.74) is 4.53. The van der Waals surface area contributed by atoms with Crippen LogP contribution >= 0.6 is 0 Å². The fourth-order valence-corrected chi connectivity index (χ4v) is 5.04. The first kappa shape index (κ1) is 36.4.